The number of benzene rings is 1. The summed E-state index contributed by atoms with van der Waals surface area (Å²) < 4.78 is 10.8. The first-order chi connectivity index (χ1) is 8.27. The number of nitrogens with one attached hydrogen (secondary N) is 1. The molecule has 0 radical (unpaired) electrons. The summed E-state index contributed by atoms with van der Waals surface area (Å²) in [6, 6.07) is 6.74. The van der Waals surface area contributed by atoms with Crippen molar-refractivity contribution in [2.75, 3.05) is 26.4 Å². The molecule has 0 aromatic heterocycles. The predicted molar refractivity (Wildman–Crippen MR) is 61.5 cm³/mol. The van der Waals surface area contributed by atoms with Gasteiger partial charge in [-0.3, -0.25) is 0 Å². The Morgan fingerprint density at radius 3 is 3.06 bits per heavy atom. The summed E-state index contributed by atoms with van der Waals surface area (Å²) in [6.45, 7) is 2.51. The largest absolute Gasteiger partial charge is 0.491 e. The maximum atomic E-state index is 11.0. The molecule has 92 valence electrons. The van der Waals surface area contributed by atoms with Crippen LogP contribution in [0, 0.1) is 0 Å². The molecule has 0 amide bonds. The van der Waals surface area contributed by atoms with Gasteiger partial charge in [0.05, 0.1) is 19.3 Å². The van der Waals surface area contributed by atoms with Crippen LogP contribution in [0.25, 0.3) is 0 Å². The number of para-hydroxylation sites is 1. The number of carbonyl (C=O) groups is 1. The summed E-state index contributed by atoms with van der Waals surface area (Å²) in [5.41, 5.74) is 0.184. The Morgan fingerprint density at radius 1 is 1.53 bits per heavy atom. The van der Waals surface area contributed by atoms with Gasteiger partial charge in [0.25, 0.3) is 0 Å². The van der Waals surface area contributed by atoms with Crippen molar-refractivity contribution in [1.82, 2.24) is 5.32 Å². The van der Waals surface area contributed by atoms with Crippen LogP contribution in [-0.4, -0.2) is 43.5 Å². The second kappa shape index (κ2) is 5.65. The highest BCUT2D eigenvalue weighted by Crippen LogP contribution is 2.18. The van der Waals surface area contributed by atoms with Crippen LogP contribution in [0.5, 0.6) is 5.75 Å². The van der Waals surface area contributed by atoms with Gasteiger partial charge in [-0.1, -0.05) is 12.1 Å². The van der Waals surface area contributed by atoms with E-state index >= 15 is 0 Å². The zero-order valence-corrected chi connectivity index (χ0v) is 9.39. The lowest BCUT2D eigenvalue weighted by molar-refractivity contribution is 0.0581. The second-order valence-corrected chi connectivity index (χ2v) is 3.84. The quantitative estimate of drug-likeness (QED) is 0.809. The number of ether oxygens (including phenoxy) is 2. The summed E-state index contributed by atoms with van der Waals surface area (Å²) in [4.78, 5) is 11.0. The van der Waals surface area contributed by atoms with E-state index in [1.54, 1.807) is 18.2 Å². The fourth-order valence-electron chi connectivity index (χ4n) is 1.69. The van der Waals surface area contributed by atoms with E-state index in [2.05, 4.69) is 5.32 Å². The minimum absolute atomic E-state index is 0.116. The normalized spacial score (nSPS) is 19.9. The van der Waals surface area contributed by atoms with Crippen LogP contribution in [0.1, 0.15) is 10.4 Å². The standard InChI is InChI=1S/C12H15NO4/c14-12(15)10-3-1-2-4-11(10)17-8-9-7-16-6-5-13-9/h1-4,9,13H,5-8H2,(H,14,15). The molecule has 0 spiro atoms. The number of hydrogen-bond acceptors (Lipinski definition) is 4. The molecule has 1 saturated heterocycles. The van der Waals surface area contributed by atoms with Crippen LogP contribution in [0.3, 0.4) is 0 Å². The van der Waals surface area contributed by atoms with Crippen LogP contribution in [0.15, 0.2) is 24.3 Å². The molecule has 2 N–H and O–H groups in total. The molecule has 1 heterocycles. The van der Waals surface area contributed by atoms with Crippen molar-refractivity contribution >= 4 is 5.97 Å². The average Bonchev–Trinajstić information content (AvgIpc) is 2.38. The van der Waals surface area contributed by atoms with Crippen LogP contribution < -0.4 is 10.1 Å². The van der Waals surface area contributed by atoms with Crippen molar-refractivity contribution in [2.45, 2.75) is 6.04 Å². The Balaban J connectivity index is 1.96. The zero-order valence-electron chi connectivity index (χ0n) is 9.39. The smallest absolute Gasteiger partial charge is 0.339 e. The number of morpholine rings is 1. The molecule has 2 rings (SSSR count). The Labute approximate surface area is 99.3 Å². The summed E-state index contributed by atoms with van der Waals surface area (Å²) in [5, 5.41) is 12.2. The van der Waals surface area contributed by atoms with E-state index in [4.69, 9.17) is 14.6 Å². The molecule has 5 heteroatoms. The third kappa shape index (κ3) is 3.18. The molecule has 0 saturated carbocycles. The van der Waals surface area contributed by atoms with Crippen molar-refractivity contribution in [3.8, 4) is 5.75 Å². The third-order valence-corrected chi connectivity index (χ3v) is 2.56. The van der Waals surface area contributed by atoms with E-state index in [0.29, 0.717) is 25.6 Å². The molecule has 1 aliphatic rings. The van der Waals surface area contributed by atoms with Crippen molar-refractivity contribution in [3.05, 3.63) is 29.8 Å². The fraction of sp³-hybridized carbons (Fsp3) is 0.417. The van der Waals surface area contributed by atoms with E-state index in [1.165, 1.54) is 6.07 Å². The lowest BCUT2D eigenvalue weighted by Crippen LogP contribution is -2.44. The molecule has 1 fully saturated rings. The molecule has 1 aromatic rings. The summed E-state index contributed by atoms with van der Waals surface area (Å²) in [5.74, 6) is -0.583. The van der Waals surface area contributed by atoms with Gasteiger partial charge >= 0.3 is 5.97 Å². The topological polar surface area (TPSA) is 67.8 Å². The molecular weight excluding hydrogens is 222 g/mol. The maximum absolute atomic E-state index is 11.0. The summed E-state index contributed by atoms with van der Waals surface area (Å²) in [6.07, 6.45) is 0. The van der Waals surface area contributed by atoms with Crippen LogP contribution in [0.2, 0.25) is 0 Å². The first kappa shape index (κ1) is 11.9. The van der Waals surface area contributed by atoms with Gasteiger partial charge in [0.2, 0.25) is 0 Å². The molecule has 0 bridgehead atoms. The molecule has 17 heavy (non-hydrogen) atoms. The Hall–Kier alpha value is -1.59. The highest BCUT2D eigenvalue weighted by atomic mass is 16.5. The highest BCUT2D eigenvalue weighted by molar-refractivity contribution is 5.90. The van der Waals surface area contributed by atoms with Crippen LogP contribution in [0.4, 0.5) is 0 Å². The van der Waals surface area contributed by atoms with E-state index in [0.717, 1.165) is 6.54 Å². The predicted octanol–water partition coefficient (Wildman–Crippen LogP) is 0.752. The van der Waals surface area contributed by atoms with Gasteiger partial charge in [-0.05, 0) is 12.1 Å². The molecule has 1 aliphatic heterocycles. The van der Waals surface area contributed by atoms with E-state index in [9.17, 15) is 4.79 Å². The maximum Gasteiger partial charge on any atom is 0.339 e. The lowest BCUT2D eigenvalue weighted by Gasteiger charge is -2.24. The van der Waals surface area contributed by atoms with Crippen molar-refractivity contribution in [2.24, 2.45) is 0 Å². The summed E-state index contributed by atoms with van der Waals surface area (Å²) >= 11 is 0. The first-order valence-electron chi connectivity index (χ1n) is 5.53. The number of carboxylic acid groups (broad SMARTS) is 1. The zero-order chi connectivity index (χ0) is 12.1. The monoisotopic (exact) mass is 237 g/mol. The molecular formula is C12H15NO4. The molecule has 0 aliphatic carbocycles. The Kier molecular flexibility index (Phi) is 3.95. The van der Waals surface area contributed by atoms with Gasteiger partial charge in [-0.2, -0.15) is 0 Å². The minimum atomic E-state index is -0.978. The minimum Gasteiger partial charge on any atom is -0.491 e. The van der Waals surface area contributed by atoms with E-state index < -0.39 is 5.97 Å². The molecule has 1 atom stereocenters. The van der Waals surface area contributed by atoms with Crippen LogP contribution >= 0.6 is 0 Å². The number of hydrogen-bond donors (Lipinski definition) is 2. The average molecular weight is 237 g/mol. The lowest BCUT2D eigenvalue weighted by atomic mass is 10.2. The van der Waals surface area contributed by atoms with Gasteiger partial charge in [-0.15, -0.1) is 0 Å². The van der Waals surface area contributed by atoms with Crippen LogP contribution in [-0.2, 0) is 4.74 Å². The van der Waals surface area contributed by atoms with Crippen molar-refractivity contribution < 1.29 is 19.4 Å². The van der Waals surface area contributed by atoms with E-state index in [-0.39, 0.29) is 11.6 Å². The van der Waals surface area contributed by atoms with E-state index in [1.807, 2.05) is 0 Å². The number of aromatic carboxylic acids is 1. The fourth-order valence-corrected chi connectivity index (χ4v) is 1.69. The highest BCUT2D eigenvalue weighted by Gasteiger charge is 2.15. The number of carboxylic acids is 1. The molecule has 1 unspecified atom stereocenters. The molecule has 1 aromatic carbocycles. The Morgan fingerprint density at radius 2 is 2.35 bits per heavy atom. The van der Waals surface area contributed by atoms with Crippen molar-refractivity contribution in [3.63, 3.8) is 0 Å². The first-order valence-corrected chi connectivity index (χ1v) is 5.53. The SMILES string of the molecule is O=C(O)c1ccccc1OCC1COCCN1. The third-order valence-electron chi connectivity index (χ3n) is 2.56. The second-order valence-electron chi connectivity index (χ2n) is 3.84. The van der Waals surface area contributed by atoms with Gasteiger partial charge in [-0.25, -0.2) is 4.79 Å². The van der Waals surface area contributed by atoms with Gasteiger partial charge in [0.15, 0.2) is 0 Å². The number of rotatable bonds is 4. The Bertz CT molecular complexity index is 388. The summed E-state index contributed by atoms with van der Waals surface area (Å²) in [7, 11) is 0. The van der Waals surface area contributed by atoms with Gasteiger partial charge < -0.3 is 19.9 Å². The molecule has 5 nitrogen and oxygen atoms in total. The van der Waals surface area contributed by atoms with Gasteiger partial charge in [0, 0.05) is 6.54 Å². The van der Waals surface area contributed by atoms with Gasteiger partial charge in [0.1, 0.15) is 17.9 Å². The van der Waals surface area contributed by atoms with Crippen molar-refractivity contribution in [1.29, 1.82) is 0 Å².